The van der Waals surface area contributed by atoms with Crippen molar-refractivity contribution < 1.29 is 22.7 Å². The van der Waals surface area contributed by atoms with Gasteiger partial charge < -0.3 is 13.7 Å². The number of ether oxygens (including phenoxy) is 1. The van der Waals surface area contributed by atoms with Crippen LogP contribution in [0.5, 0.6) is 0 Å². The van der Waals surface area contributed by atoms with Gasteiger partial charge in [-0.1, -0.05) is 6.07 Å². The van der Waals surface area contributed by atoms with Crippen LogP contribution in [0.1, 0.15) is 23.0 Å². The summed E-state index contributed by atoms with van der Waals surface area (Å²) in [6.07, 6.45) is -1.44. The molecule has 8 heteroatoms. The molecule has 1 aromatic carbocycles. The minimum atomic E-state index is -4.54. The number of hydrogen-bond donors (Lipinski definition) is 0. The third-order valence-corrected chi connectivity index (χ3v) is 4.64. The summed E-state index contributed by atoms with van der Waals surface area (Å²) in [5.74, 6) is -0.532. The van der Waals surface area contributed by atoms with Crippen LogP contribution in [0, 0.1) is 0 Å². The van der Waals surface area contributed by atoms with E-state index < -0.39 is 17.7 Å². The Morgan fingerprint density at radius 3 is 2.64 bits per heavy atom. The number of nitrogens with zero attached hydrogens (tertiary/aromatic N) is 3. The molecule has 0 fully saturated rings. The van der Waals surface area contributed by atoms with E-state index >= 15 is 0 Å². The van der Waals surface area contributed by atoms with E-state index in [-0.39, 0.29) is 17.9 Å². The lowest BCUT2D eigenvalue weighted by molar-refractivity contribution is -0.137. The molecule has 0 saturated carbocycles. The molecule has 0 spiro atoms. The number of aryl methyl sites for hydroxylation is 1. The number of imidazole rings is 1. The highest BCUT2D eigenvalue weighted by molar-refractivity contribution is 5.94. The summed E-state index contributed by atoms with van der Waals surface area (Å²) in [5, 5.41) is 0. The Morgan fingerprint density at radius 2 is 1.93 bits per heavy atom. The van der Waals surface area contributed by atoms with Crippen LogP contribution in [-0.4, -0.2) is 26.5 Å². The molecule has 3 heterocycles. The lowest BCUT2D eigenvalue weighted by Crippen LogP contribution is -2.09. The number of pyridine rings is 1. The van der Waals surface area contributed by atoms with Gasteiger partial charge in [-0.15, -0.1) is 0 Å². The molecule has 0 aliphatic carbocycles. The van der Waals surface area contributed by atoms with Gasteiger partial charge in [0.25, 0.3) is 0 Å². The number of esters is 1. The molecule has 5 nitrogen and oxygen atoms in total. The van der Waals surface area contributed by atoms with Gasteiger partial charge in [0.1, 0.15) is 5.69 Å². The molecule has 0 unspecified atom stereocenters. The normalized spacial score (nSPS) is 12.0. The van der Waals surface area contributed by atoms with Crippen molar-refractivity contribution >= 4 is 22.5 Å². The van der Waals surface area contributed by atoms with Crippen LogP contribution in [0.3, 0.4) is 0 Å². The van der Waals surface area contributed by atoms with E-state index in [1.807, 2.05) is 0 Å². The first-order valence-corrected chi connectivity index (χ1v) is 8.61. The van der Waals surface area contributed by atoms with E-state index in [9.17, 15) is 18.0 Å². The van der Waals surface area contributed by atoms with Crippen LogP contribution >= 0.6 is 0 Å². The minimum absolute atomic E-state index is 0.0119. The average Bonchev–Trinajstić information content (AvgIpc) is 3.24. The summed E-state index contributed by atoms with van der Waals surface area (Å²) in [7, 11) is 1.65. The highest BCUT2D eigenvalue weighted by atomic mass is 19.4. The molecular weight excluding hydrogens is 371 g/mol. The topological polar surface area (TPSA) is 48.5 Å². The quantitative estimate of drug-likeness (QED) is 0.479. The summed E-state index contributed by atoms with van der Waals surface area (Å²) in [6.45, 7) is 1.90. The largest absolute Gasteiger partial charge is 0.461 e. The predicted molar refractivity (Wildman–Crippen MR) is 98.1 cm³/mol. The zero-order chi connectivity index (χ0) is 20.1. The second kappa shape index (κ2) is 6.40. The van der Waals surface area contributed by atoms with Gasteiger partial charge in [-0.3, -0.25) is 0 Å². The summed E-state index contributed by atoms with van der Waals surface area (Å²) in [4.78, 5) is 16.3. The zero-order valence-corrected chi connectivity index (χ0v) is 15.1. The predicted octanol–water partition coefficient (Wildman–Crippen LogP) is 4.69. The second-order valence-electron chi connectivity index (χ2n) is 6.36. The van der Waals surface area contributed by atoms with E-state index in [1.54, 1.807) is 49.0 Å². The zero-order valence-electron chi connectivity index (χ0n) is 15.1. The fourth-order valence-electron chi connectivity index (χ4n) is 3.37. The number of halogens is 3. The first kappa shape index (κ1) is 18.1. The van der Waals surface area contributed by atoms with Crippen molar-refractivity contribution in [2.75, 3.05) is 6.61 Å². The third-order valence-electron chi connectivity index (χ3n) is 4.64. The van der Waals surface area contributed by atoms with E-state index in [0.717, 1.165) is 6.07 Å². The number of aromatic nitrogens is 3. The molecule has 4 rings (SSSR count). The third kappa shape index (κ3) is 2.81. The standard InChI is InChI=1S/C20H16F3N3O2/c1-3-28-19(27)17-7-6-16-12(5-4-8-26(16)17)13-9-15-18(25(2)11-24-15)10-14(13)20(21,22)23/h4-11H,3H2,1-2H3. The molecule has 0 aliphatic heterocycles. The first-order chi connectivity index (χ1) is 13.3. The van der Waals surface area contributed by atoms with Crippen LogP contribution in [0.2, 0.25) is 0 Å². The van der Waals surface area contributed by atoms with Crippen LogP contribution in [-0.2, 0) is 18.0 Å². The smallest absolute Gasteiger partial charge is 0.417 e. The highest BCUT2D eigenvalue weighted by Crippen LogP contribution is 2.40. The van der Waals surface area contributed by atoms with Crippen molar-refractivity contribution in [3.05, 3.63) is 60.2 Å². The SMILES string of the molecule is CCOC(=O)c1ccc2c(-c3cc4ncn(C)c4cc3C(F)(F)F)cccn12. The van der Waals surface area contributed by atoms with Crippen molar-refractivity contribution in [1.82, 2.24) is 14.0 Å². The summed E-state index contributed by atoms with van der Waals surface area (Å²) in [5.41, 5.74) is 1.21. The van der Waals surface area contributed by atoms with Gasteiger partial charge in [-0.25, -0.2) is 9.78 Å². The molecule has 0 saturated heterocycles. The maximum Gasteiger partial charge on any atom is 0.417 e. The average molecular weight is 387 g/mol. The van der Waals surface area contributed by atoms with Crippen LogP contribution in [0.4, 0.5) is 13.2 Å². The fourth-order valence-corrected chi connectivity index (χ4v) is 3.37. The number of hydrogen-bond acceptors (Lipinski definition) is 3. The van der Waals surface area contributed by atoms with Gasteiger partial charge in [0, 0.05) is 18.8 Å². The Kier molecular flexibility index (Phi) is 4.14. The fraction of sp³-hybridized carbons (Fsp3) is 0.200. The van der Waals surface area contributed by atoms with Crippen LogP contribution < -0.4 is 0 Å². The lowest BCUT2D eigenvalue weighted by atomic mass is 9.98. The maximum atomic E-state index is 13.8. The van der Waals surface area contributed by atoms with Gasteiger partial charge in [-0.05, 0) is 42.8 Å². The van der Waals surface area contributed by atoms with E-state index in [4.69, 9.17) is 4.74 Å². The summed E-state index contributed by atoms with van der Waals surface area (Å²) < 4.78 is 49.6. The monoisotopic (exact) mass is 387 g/mol. The molecule has 0 radical (unpaired) electrons. The van der Waals surface area contributed by atoms with Gasteiger partial charge >= 0.3 is 12.1 Å². The number of rotatable bonds is 3. The molecule has 0 atom stereocenters. The van der Waals surface area contributed by atoms with Crippen molar-refractivity contribution in [2.45, 2.75) is 13.1 Å². The lowest BCUT2D eigenvalue weighted by Gasteiger charge is -2.15. The van der Waals surface area contributed by atoms with E-state index in [0.29, 0.717) is 22.1 Å². The molecule has 144 valence electrons. The molecular formula is C20H16F3N3O2. The van der Waals surface area contributed by atoms with Gasteiger partial charge in [-0.2, -0.15) is 13.2 Å². The molecule has 0 aliphatic rings. The Morgan fingerprint density at radius 1 is 1.14 bits per heavy atom. The first-order valence-electron chi connectivity index (χ1n) is 8.61. The molecule has 0 amide bonds. The second-order valence-corrected chi connectivity index (χ2v) is 6.36. The Balaban J connectivity index is 2.00. The van der Waals surface area contributed by atoms with E-state index in [2.05, 4.69) is 4.98 Å². The minimum Gasteiger partial charge on any atom is -0.461 e. The molecule has 3 aromatic heterocycles. The summed E-state index contributed by atoms with van der Waals surface area (Å²) >= 11 is 0. The molecule has 4 aromatic rings. The Bertz CT molecular complexity index is 1200. The number of carbonyl (C=O) groups is 1. The van der Waals surface area contributed by atoms with Gasteiger partial charge in [0.15, 0.2) is 0 Å². The Labute approximate surface area is 158 Å². The van der Waals surface area contributed by atoms with Crippen molar-refractivity contribution in [2.24, 2.45) is 7.05 Å². The Hall–Kier alpha value is -3.29. The van der Waals surface area contributed by atoms with Crippen LogP contribution in [0.25, 0.3) is 27.7 Å². The van der Waals surface area contributed by atoms with Crippen molar-refractivity contribution in [3.63, 3.8) is 0 Å². The van der Waals surface area contributed by atoms with Gasteiger partial charge in [0.2, 0.25) is 0 Å². The molecule has 0 N–H and O–H groups in total. The van der Waals surface area contributed by atoms with Crippen molar-refractivity contribution in [1.29, 1.82) is 0 Å². The summed E-state index contributed by atoms with van der Waals surface area (Å²) in [6, 6.07) is 8.91. The maximum absolute atomic E-state index is 13.8. The van der Waals surface area contributed by atoms with E-state index in [1.165, 1.54) is 16.8 Å². The number of fused-ring (bicyclic) bond motifs is 2. The number of alkyl halides is 3. The number of benzene rings is 1. The highest BCUT2D eigenvalue weighted by Gasteiger charge is 2.35. The van der Waals surface area contributed by atoms with Gasteiger partial charge in [0.05, 0.1) is 35.0 Å². The molecule has 0 bridgehead atoms. The number of carbonyl (C=O) groups excluding carboxylic acids is 1. The molecule has 28 heavy (non-hydrogen) atoms. The van der Waals surface area contributed by atoms with Crippen molar-refractivity contribution in [3.8, 4) is 11.1 Å². The van der Waals surface area contributed by atoms with Crippen LogP contribution in [0.15, 0.2) is 48.9 Å².